The Bertz CT molecular complexity index is 1390. The van der Waals surface area contributed by atoms with E-state index < -0.39 is 46.4 Å². The van der Waals surface area contributed by atoms with Crippen LogP contribution in [0.2, 0.25) is 19.6 Å². The van der Waals surface area contributed by atoms with Crippen LogP contribution in [0.3, 0.4) is 0 Å². The van der Waals surface area contributed by atoms with E-state index in [0.29, 0.717) is 6.42 Å². The zero-order chi connectivity index (χ0) is 29.5. The number of rotatable bonds is 8. The third-order valence-corrected chi connectivity index (χ3v) is 11.0. The number of para-hydroxylation sites is 1. The van der Waals surface area contributed by atoms with Crippen molar-refractivity contribution >= 4 is 34.9 Å². The van der Waals surface area contributed by atoms with Crippen LogP contribution in [0.5, 0.6) is 0 Å². The highest BCUT2D eigenvalue weighted by atomic mass is 32.2. The first-order valence-electron chi connectivity index (χ1n) is 13.1. The molecule has 214 valence electrons. The Labute approximate surface area is 232 Å². The normalized spacial score (nSPS) is 15.5. The molecule has 0 aliphatic carbocycles. The number of carbonyl (C=O) groups is 1. The van der Waals surface area contributed by atoms with Gasteiger partial charge in [0.1, 0.15) is 0 Å². The summed E-state index contributed by atoms with van der Waals surface area (Å²) in [5.41, 5.74) is 3.39. The molecular formula is C28H40N2O7SSi. The van der Waals surface area contributed by atoms with Crippen LogP contribution >= 0.6 is 0 Å². The SMILES string of the molecule is CCOC(=O)C(OC(C)(C)C)c1c(C)c2c(c(C)c1[Si](C)(C)C)CCN(S(=O)(=O)c1ccccc1[N+](=O)[O-])C2. The first-order valence-corrected chi connectivity index (χ1v) is 18.1. The van der Waals surface area contributed by atoms with Crippen LogP contribution in [0.25, 0.3) is 0 Å². The van der Waals surface area contributed by atoms with Crippen molar-refractivity contribution in [1.82, 2.24) is 4.31 Å². The van der Waals surface area contributed by atoms with Crippen LogP contribution in [0.15, 0.2) is 29.2 Å². The summed E-state index contributed by atoms with van der Waals surface area (Å²) in [5.74, 6) is -0.477. The summed E-state index contributed by atoms with van der Waals surface area (Å²) in [6.07, 6.45) is -0.512. The quantitative estimate of drug-likeness (QED) is 0.189. The molecule has 0 radical (unpaired) electrons. The second-order valence-electron chi connectivity index (χ2n) is 11.9. The third kappa shape index (κ3) is 6.26. The van der Waals surface area contributed by atoms with E-state index >= 15 is 0 Å². The van der Waals surface area contributed by atoms with Gasteiger partial charge in [0.25, 0.3) is 5.69 Å². The molecule has 11 heteroatoms. The largest absolute Gasteiger partial charge is 0.464 e. The molecule has 0 saturated carbocycles. The van der Waals surface area contributed by atoms with Gasteiger partial charge in [0.2, 0.25) is 10.0 Å². The molecule has 1 heterocycles. The second-order valence-corrected chi connectivity index (χ2v) is 18.8. The van der Waals surface area contributed by atoms with E-state index in [1.165, 1.54) is 28.6 Å². The zero-order valence-corrected chi connectivity index (χ0v) is 26.2. The smallest absolute Gasteiger partial charge is 0.339 e. The highest BCUT2D eigenvalue weighted by Gasteiger charge is 2.40. The summed E-state index contributed by atoms with van der Waals surface area (Å²) in [6.45, 7) is 18.5. The molecule has 9 nitrogen and oxygen atoms in total. The number of fused-ring (bicyclic) bond motifs is 1. The van der Waals surface area contributed by atoms with Crippen LogP contribution in [0, 0.1) is 24.0 Å². The lowest BCUT2D eigenvalue weighted by atomic mass is 9.87. The predicted molar refractivity (Wildman–Crippen MR) is 154 cm³/mol. The maximum Gasteiger partial charge on any atom is 0.339 e. The number of sulfonamides is 1. The maximum absolute atomic E-state index is 13.7. The fourth-order valence-electron chi connectivity index (χ4n) is 5.46. The van der Waals surface area contributed by atoms with Gasteiger partial charge in [0.15, 0.2) is 11.0 Å². The van der Waals surface area contributed by atoms with Crippen LogP contribution in [-0.2, 0) is 37.3 Å². The van der Waals surface area contributed by atoms with E-state index in [0.717, 1.165) is 33.0 Å². The highest BCUT2D eigenvalue weighted by Crippen LogP contribution is 2.37. The van der Waals surface area contributed by atoms with Gasteiger partial charge in [0.05, 0.1) is 25.2 Å². The lowest BCUT2D eigenvalue weighted by Crippen LogP contribution is -2.47. The number of benzene rings is 2. The van der Waals surface area contributed by atoms with Crippen molar-refractivity contribution in [3.63, 3.8) is 0 Å². The molecule has 0 N–H and O–H groups in total. The minimum atomic E-state index is -4.16. The molecule has 1 atom stereocenters. The van der Waals surface area contributed by atoms with Crippen LogP contribution in [0.4, 0.5) is 5.69 Å². The molecule has 0 spiro atoms. The van der Waals surface area contributed by atoms with Crippen molar-refractivity contribution in [2.75, 3.05) is 13.2 Å². The van der Waals surface area contributed by atoms with Gasteiger partial charge in [-0.3, -0.25) is 10.1 Å². The first-order chi connectivity index (χ1) is 17.9. The molecular weight excluding hydrogens is 536 g/mol. The number of carbonyl (C=O) groups excluding carboxylic acids is 1. The Morgan fingerprint density at radius 3 is 2.28 bits per heavy atom. The molecule has 39 heavy (non-hydrogen) atoms. The second kappa shape index (κ2) is 11.1. The molecule has 0 amide bonds. The van der Waals surface area contributed by atoms with E-state index in [9.17, 15) is 23.3 Å². The molecule has 1 unspecified atom stereocenters. The Hall–Kier alpha value is -2.60. The average molecular weight is 577 g/mol. The lowest BCUT2D eigenvalue weighted by Gasteiger charge is -2.37. The van der Waals surface area contributed by atoms with E-state index in [1.807, 2.05) is 34.6 Å². The summed E-state index contributed by atoms with van der Waals surface area (Å²) in [6, 6.07) is 5.41. The Balaban J connectivity index is 2.26. The van der Waals surface area contributed by atoms with Crippen LogP contribution in [-0.4, -0.2) is 50.4 Å². The summed E-state index contributed by atoms with van der Waals surface area (Å²) in [4.78, 5) is 23.9. The fourth-order valence-corrected chi connectivity index (χ4v) is 9.43. The molecule has 0 bridgehead atoms. The Morgan fingerprint density at radius 1 is 1.13 bits per heavy atom. The Morgan fingerprint density at radius 2 is 1.74 bits per heavy atom. The van der Waals surface area contributed by atoms with Crippen molar-refractivity contribution in [1.29, 1.82) is 0 Å². The summed E-state index contributed by atoms with van der Waals surface area (Å²) < 4.78 is 40.5. The molecule has 0 fully saturated rings. The van der Waals surface area contributed by atoms with Gasteiger partial charge < -0.3 is 9.47 Å². The third-order valence-electron chi connectivity index (χ3n) is 6.93. The standard InChI is InChI=1S/C28H40N2O7SSi/c1-10-36-27(31)25(37-28(4,5)6)24-18(2)21-17-29(16-15-20(21)19(3)26(24)39(7,8)9)38(34,35)23-14-12-11-13-22(23)30(32)33/h11-14,25H,10,15-17H2,1-9H3. The van der Waals surface area contributed by atoms with E-state index in [1.54, 1.807) is 6.92 Å². The lowest BCUT2D eigenvalue weighted by molar-refractivity contribution is -0.387. The summed E-state index contributed by atoms with van der Waals surface area (Å²) in [7, 11) is -6.20. The monoisotopic (exact) mass is 576 g/mol. The summed E-state index contributed by atoms with van der Waals surface area (Å²) in [5, 5.41) is 12.7. The predicted octanol–water partition coefficient (Wildman–Crippen LogP) is 4.92. The van der Waals surface area contributed by atoms with Gasteiger partial charge in [-0.25, -0.2) is 13.2 Å². The fraction of sp³-hybridized carbons (Fsp3) is 0.536. The van der Waals surface area contributed by atoms with E-state index in [2.05, 4.69) is 19.6 Å². The van der Waals surface area contributed by atoms with Crippen LogP contribution < -0.4 is 5.19 Å². The highest BCUT2D eigenvalue weighted by molar-refractivity contribution is 7.89. The van der Waals surface area contributed by atoms with Gasteiger partial charge >= 0.3 is 5.97 Å². The van der Waals surface area contributed by atoms with Crippen molar-refractivity contribution in [3.05, 3.63) is 62.2 Å². The Kier molecular flexibility index (Phi) is 8.81. The molecule has 0 saturated heterocycles. The van der Waals surface area contributed by atoms with Crippen molar-refractivity contribution < 1.29 is 27.6 Å². The van der Waals surface area contributed by atoms with Crippen molar-refractivity contribution in [2.24, 2.45) is 0 Å². The number of hydrogen-bond donors (Lipinski definition) is 0. The van der Waals surface area contributed by atoms with Gasteiger partial charge in [-0.15, -0.1) is 0 Å². The zero-order valence-electron chi connectivity index (χ0n) is 24.4. The van der Waals surface area contributed by atoms with Crippen LogP contribution in [0.1, 0.15) is 61.6 Å². The number of nitro groups is 1. The average Bonchev–Trinajstić information content (AvgIpc) is 2.83. The van der Waals surface area contributed by atoms with E-state index in [4.69, 9.17) is 9.47 Å². The minimum absolute atomic E-state index is 0.0421. The molecule has 2 aromatic carbocycles. The number of ether oxygens (including phenoxy) is 2. The topological polar surface area (TPSA) is 116 Å². The van der Waals surface area contributed by atoms with E-state index in [-0.39, 0.29) is 24.6 Å². The number of nitrogens with zero attached hydrogens (tertiary/aromatic N) is 2. The van der Waals surface area contributed by atoms with Crippen molar-refractivity contribution in [2.45, 2.75) is 90.7 Å². The number of nitro benzene ring substituents is 1. The first kappa shape index (κ1) is 30.9. The molecule has 0 aromatic heterocycles. The number of hydrogen-bond acceptors (Lipinski definition) is 7. The van der Waals surface area contributed by atoms with Crippen molar-refractivity contribution in [3.8, 4) is 0 Å². The minimum Gasteiger partial charge on any atom is -0.464 e. The molecule has 1 aliphatic heterocycles. The van der Waals surface area contributed by atoms with Gasteiger partial charge in [0, 0.05) is 19.2 Å². The maximum atomic E-state index is 13.7. The van der Waals surface area contributed by atoms with Gasteiger partial charge in [-0.05, 0) is 81.8 Å². The molecule has 2 aromatic rings. The molecule has 3 rings (SSSR count). The van der Waals surface area contributed by atoms with Gasteiger partial charge in [-0.1, -0.05) is 37.0 Å². The molecule has 1 aliphatic rings. The van der Waals surface area contributed by atoms with Gasteiger partial charge in [-0.2, -0.15) is 4.31 Å². The number of esters is 1. The summed E-state index contributed by atoms with van der Waals surface area (Å²) >= 11 is 0.